The van der Waals surface area contributed by atoms with Crippen molar-refractivity contribution in [3.05, 3.63) is 36.0 Å². The maximum absolute atomic E-state index is 8.86. The molecule has 4 N–H and O–H groups in total. The van der Waals surface area contributed by atoms with Crippen molar-refractivity contribution in [2.45, 2.75) is 6.61 Å². The summed E-state index contributed by atoms with van der Waals surface area (Å²) in [6, 6.07) is 9.28. The minimum atomic E-state index is -0.0419. The van der Waals surface area contributed by atoms with Gasteiger partial charge in [0.1, 0.15) is 0 Å². The molecule has 1 aromatic carbocycles. The van der Waals surface area contributed by atoms with Gasteiger partial charge in [-0.2, -0.15) is 5.10 Å². The molecular formula is C10H12ClN3O. The number of nitrogen functional groups attached to an aromatic ring is 1. The minimum Gasteiger partial charge on any atom is -0.398 e. The van der Waals surface area contributed by atoms with E-state index < -0.39 is 0 Å². The first-order valence-electron chi connectivity index (χ1n) is 4.31. The number of anilines is 1. The zero-order chi connectivity index (χ0) is 9.97. The van der Waals surface area contributed by atoms with Crippen LogP contribution in [-0.4, -0.2) is 15.3 Å². The molecule has 0 radical (unpaired) electrons. The van der Waals surface area contributed by atoms with E-state index in [0.29, 0.717) is 11.4 Å². The van der Waals surface area contributed by atoms with Crippen molar-refractivity contribution in [3.8, 4) is 11.3 Å². The number of nitrogens with one attached hydrogen (secondary N) is 1. The summed E-state index contributed by atoms with van der Waals surface area (Å²) in [7, 11) is 0. The molecule has 0 aliphatic carbocycles. The summed E-state index contributed by atoms with van der Waals surface area (Å²) in [4.78, 5) is 0. The van der Waals surface area contributed by atoms with Crippen molar-refractivity contribution in [3.63, 3.8) is 0 Å². The van der Waals surface area contributed by atoms with Crippen LogP contribution in [-0.2, 0) is 6.61 Å². The molecule has 0 saturated carbocycles. The third-order valence-electron chi connectivity index (χ3n) is 2.04. The highest BCUT2D eigenvalue weighted by molar-refractivity contribution is 5.85. The van der Waals surface area contributed by atoms with Gasteiger partial charge in [0.25, 0.3) is 0 Å². The van der Waals surface area contributed by atoms with Crippen LogP contribution in [0.25, 0.3) is 11.3 Å². The van der Waals surface area contributed by atoms with Crippen molar-refractivity contribution >= 4 is 18.1 Å². The lowest BCUT2D eigenvalue weighted by molar-refractivity contribution is 0.276. The molecule has 0 spiro atoms. The summed E-state index contributed by atoms with van der Waals surface area (Å²) in [5.74, 6) is 0. The lowest BCUT2D eigenvalue weighted by Gasteiger charge is -1.99. The first-order valence-corrected chi connectivity index (χ1v) is 4.31. The topological polar surface area (TPSA) is 74.9 Å². The summed E-state index contributed by atoms with van der Waals surface area (Å²) in [6.07, 6.45) is 0. The molecule has 0 bridgehead atoms. The van der Waals surface area contributed by atoms with E-state index >= 15 is 0 Å². The molecule has 0 aliphatic rings. The zero-order valence-corrected chi connectivity index (χ0v) is 8.79. The Morgan fingerprint density at radius 3 is 2.67 bits per heavy atom. The second-order valence-corrected chi connectivity index (χ2v) is 3.02. The Morgan fingerprint density at radius 1 is 1.33 bits per heavy atom. The van der Waals surface area contributed by atoms with Crippen LogP contribution in [0.3, 0.4) is 0 Å². The van der Waals surface area contributed by atoms with E-state index in [-0.39, 0.29) is 19.0 Å². The lowest BCUT2D eigenvalue weighted by Crippen LogP contribution is -1.88. The number of aromatic amines is 1. The Labute approximate surface area is 93.5 Å². The van der Waals surface area contributed by atoms with Gasteiger partial charge in [-0.1, -0.05) is 18.2 Å². The van der Waals surface area contributed by atoms with Crippen LogP contribution in [0.5, 0.6) is 0 Å². The van der Waals surface area contributed by atoms with E-state index in [0.717, 1.165) is 11.3 Å². The molecule has 5 heteroatoms. The Kier molecular flexibility index (Phi) is 3.71. The molecule has 0 unspecified atom stereocenters. The van der Waals surface area contributed by atoms with E-state index in [1.54, 1.807) is 6.07 Å². The quantitative estimate of drug-likeness (QED) is 0.680. The fraction of sp³-hybridized carbons (Fsp3) is 0.100. The molecule has 4 nitrogen and oxygen atoms in total. The Hall–Kier alpha value is -1.52. The fourth-order valence-electron chi connectivity index (χ4n) is 1.31. The molecule has 2 aromatic rings. The Morgan fingerprint density at radius 2 is 2.07 bits per heavy atom. The highest BCUT2D eigenvalue weighted by atomic mass is 35.5. The van der Waals surface area contributed by atoms with Gasteiger partial charge in [0, 0.05) is 11.3 Å². The van der Waals surface area contributed by atoms with Gasteiger partial charge < -0.3 is 10.8 Å². The van der Waals surface area contributed by atoms with Crippen LogP contribution in [0.15, 0.2) is 30.3 Å². The number of benzene rings is 1. The minimum absolute atomic E-state index is 0. The maximum Gasteiger partial charge on any atom is 0.0945 e. The third kappa shape index (κ3) is 2.29. The molecule has 0 amide bonds. The van der Waals surface area contributed by atoms with E-state index in [1.807, 2.05) is 24.3 Å². The number of hydrogen-bond acceptors (Lipinski definition) is 3. The van der Waals surface area contributed by atoms with E-state index in [4.69, 9.17) is 10.8 Å². The summed E-state index contributed by atoms with van der Waals surface area (Å²) in [6.45, 7) is -0.0419. The number of nitrogens with zero attached hydrogens (tertiary/aromatic N) is 1. The Balaban J connectivity index is 0.00000112. The average Bonchev–Trinajstić information content (AvgIpc) is 2.67. The highest BCUT2D eigenvalue weighted by Crippen LogP contribution is 2.23. The van der Waals surface area contributed by atoms with Crippen LogP contribution in [0, 0.1) is 0 Å². The van der Waals surface area contributed by atoms with Crippen molar-refractivity contribution in [1.29, 1.82) is 0 Å². The predicted molar refractivity (Wildman–Crippen MR) is 61.6 cm³/mol. The molecule has 2 rings (SSSR count). The first-order chi connectivity index (χ1) is 6.81. The molecule has 0 fully saturated rings. The molecule has 1 aromatic heterocycles. The number of nitrogens with two attached hydrogens (primary N) is 1. The van der Waals surface area contributed by atoms with E-state index in [1.165, 1.54) is 0 Å². The van der Waals surface area contributed by atoms with Crippen molar-refractivity contribution in [1.82, 2.24) is 10.2 Å². The SMILES string of the molecule is Cl.Nc1ccccc1-c1cc(CO)[nH]n1. The van der Waals surface area contributed by atoms with Gasteiger partial charge in [0.15, 0.2) is 0 Å². The normalized spacial score (nSPS) is 9.67. The molecule has 15 heavy (non-hydrogen) atoms. The molecule has 0 saturated heterocycles. The van der Waals surface area contributed by atoms with Gasteiger partial charge in [0.2, 0.25) is 0 Å². The van der Waals surface area contributed by atoms with Gasteiger partial charge in [-0.05, 0) is 12.1 Å². The predicted octanol–water partition coefficient (Wildman–Crippen LogP) is 1.57. The van der Waals surface area contributed by atoms with Crippen LogP contribution in [0.2, 0.25) is 0 Å². The second kappa shape index (κ2) is 4.82. The average molecular weight is 226 g/mol. The highest BCUT2D eigenvalue weighted by Gasteiger charge is 2.05. The van der Waals surface area contributed by atoms with E-state index in [9.17, 15) is 0 Å². The smallest absolute Gasteiger partial charge is 0.0945 e. The Bertz CT molecular complexity index is 442. The second-order valence-electron chi connectivity index (χ2n) is 3.02. The van der Waals surface area contributed by atoms with E-state index in [2.05, 4.69) is 10.2 Å². The standard InChI is InChI=1S/C10H11N3O.ClH/c11-9-4-2-1-3-8(9)10-5-7(6-14)12-13-10;/h1-5,14H,6,11H2,(H,12,13);1H. The fourth-order valence-corrected chi connectivity index (χ4v) is 1.31. The number of rotatable bonds is 2. The molecule has 0 atom stereocenters. The molecule has 80 valence electrons. The number of H-pyrrole nitrogens is 1. The van der Waals surface area contributed by atoms with Crippen molar-refractivity contribution in [2.24, 2.45) is 0 Å². The summed E-state index contributed by atoms with van der Waals surface area (Å²) < 4.78 is 0. The number of aliphatic hydroxyl groups excluding tert-OH is 1. The van der Waals surface area contributed by atoms with Gasteiger partial charge in [0.05, 0.1) is 18.0 Å². The van der Waals surface area contributed by atoms with Gasteiger partial charge in [-0.25, -0.2) is 0 Å². The largest absolute Gasteiger partial charge is 0.398 e. The molecule has 0 aliphatic heterocycles. The molecular weight excluding hydrogens is 214 g/mol. The monoisotopic (exact) mass is 225 g/mol. The number of aromatic nitrogens is 2. The zero-order valence-electron chi connectivity index (χ0n) is 7.97. The van der Waals surface area contributed by atoms with Gasteiger partial charge in [-0.3, -0.25) is 5.10 Å². The number of para-hydroxylation sites is 1. The lowest BCUT2D eigenvalue weighted by atomic mass is 10.1. The maximum atomic E-state index is 8.86. The van der Waals surface area contributed by atoms with Crippen LogP contribution in [0.1, 0.15) is 5.69 Å². The van der Waals surface area contributed by atoms with Crippen LogP contribution in [0.4, 0.5) is 5.69 Å². The van der Waals surface area contributed by atoms with Gasteiger partial charge in [-0.15, -0.1) is 12.4 Å². The van der Waals surface area contributed by atoms with Crippen LogP contribution >= 0.6 is 12.4 Å². The van der Waals surface area contributed by atoms with Gasteiger partial charge >= 0.3 is 0 Å². The third-order valence-corrected chi connectivity index (χ3v) is 2.04. The van der Waals surface area contributed by atoms with Crippen LogP contribution < -0.4 is 5.73 Å². The summed E-state index contributed by atoms with van der Waals surface area (Å²) in [5, 5.41) is 15.6. The number of hydrogen-bond donors (Lipinski definition) is 3. The summed E-state index contributed by atoms with van der Waals surface area (Å²) in [5.41, 5.74) is 8.79. The number of aliphatic hydroxyl groups is 1. The number of halogens is 1. The molecule has 1 heterocycles. The van der Waals surface area contributed by atoms with Crippen molar-refractivity contribution in [2.75, 3.05) is 5.73 Å². The summed E-state index contributed by atoms with van der Waals surface area (Å²) >= 11 is 0. The first kappa shape index (κ1) is 11.6. The van der Waals surface area contributed by atoms with Crippen molar-refractivity contribution < 1.29 is 5.11 Å².